The summed E-state index contributed by atoms with van der Waals surface area (Å²) in [6.45, 7) is 2.25. The predicted octanol–water partition coefficient (Wildman–Crippen LogP) is 9.73. The number of nitrogens with two attached hydrogens (primary N) is 1. The lowest BCUT2D eigenvalue weighted by Gasteiger charge is -2.21. The maximum atomic E-state index is 13.4. The summed E-state index contributed by atoms with van der Waals surface area (Å²) in [6.07, 6.45) is 12.4. The standard InChI is InChI=1S/C33H44F3N3O/c1-2-3-4-5-6-7-8-9-10-15-31-38-32(40-39-31)26-18-16-25(17-19-26)30(37)22-27-20-21-28(33(34,35)36)23-29(27)24-13-11-12-14-24/h16-21,23-24,30H,2-15,22,37H2,1H3. The molecule has 1 saturated carbocycles. The molecular weight excluding hydrogens is 511 g/mol. The van der Waals surface area contributed by atoms with Crippen molar-refractivity contribution in [2.24, 2.45) is 5.73 Å². The van der Waals surface area contributed by atoms with Crippen LogP contribution in [-0.4, -0.2) is 10.1 Å². The molecule has 0 saturated heterocycles. The van der Waals surface area contributed by atoms with Gasteiger partial charge in [0.05, 0.1) is 5.56 Å². The number of alkyl halides is 3. The van der Waals surface area contributed by atoms with Gasteiger partial charge in [-0.15, -0.1) is 0 Å². The van der Waals surface area contributed by atoms with Gasteiger partial charge < -0.3 is 10.3 Å². The van der Waals surface area contributed by atoms with Crippen LogP contribution in [-0.2, 0) is 19.0 Å². The quantitative estimate of drug-likeness (QED) is 0.190. The van der Waals surface area contributed by atoms with E-state index in [9.17, 15) is 13.2 Å². The van der Waals surface area contributed by atoms with Gasteiger partial charge in [0.1, 0.15) is 0 Å². The average molecular weight is 556 g/mol. The Labute approximate surface area is 236 Å². The van der Waals surface area contributed by atoms with Crippen LogP contribution in [0.5, 0.6) is 0 Å². The monoisotopic (exact) mass is 555 g/mol. The first-order valence-corrected chi connectivity index (χ1v) is 15.2. The first-order chi connectivity index (χ1) is 19.3. The maximum absolute atomic E-state index is 13.4. The fourth-order valence-corrected chi connectivity index (χ4v) is 5.87. The molecule has 0 spiro atoms. The van der Waals surface area contributed by atoms with Gasteiger partial charge in [-0.2, -0.15) is 18.2 Å². The normalized spacial score (nSPS) is 15.1. The van der Waals surface area contributed by atoms with E-state index < -0.39 is 11.7 Å². The largest absolute Gasteiger partial charge is 0.416 e. The van der Waals surface area contributed by atoms with Gasteiger partial charge in [0.2, 0.25) is 0 Å². The van der Waals surface area contributed by atoms with E-state index in [0.29, 0.717) is 12.3 Å². The number of halogens is 3. The van der Waals surface area contributed by atoms with Crippen LogP contribution in [0.4, 0.5) is 13.2 Å². The van der Waals surface area contributed by atoms with Crippen molar-refractivity contribution in [3.05, 3.63) is 70.5 Å². The van der Waals surface area contributed by atoms with Crippen molar-refractivity contribution in [1.82, 2.24) is 10.1 Å². The van der Waals surface area contributed by atoms with Gasteiger partial charge in [-0.25, -0.2) is 0 Å². The van der Waals surface area contributed by atoms with E-state index >= 15 is 0 Å². The summed E-state index contributed by atoms with van der Waals surface area (Å²) in [4.78, 5) is 4.57. The summed E-state index contributed by atoms with van der Waals surface area (Å²) in [5.41, 5.74) is 9.47. The Bertz CT molecular complexity index is 1170. The van der Waals surface area contributed by atoms with Crippen LogP contribution >= 0.6 is 0 Å². The molecule has 4 nitrogen and oxygen atoms in total. The minimum atomic E-state index is -4.34. The van der Waals surface area contributed by atoms with E-state index in [-0.39, 0.29) is 12.0 Å². The number of unbranched alkanes of at least 4 members (excludes halogenated alkanes) is 8. The number of aromatic nitrogens is 2. The summed E-state index contributed by atoms with van der Waals surface area (Å²) in [5.74, 6) is 1.41. The first-order valence-electron chi connectivity index (χ1n) is 15.2. The maximum Gasteiger partial charge on any atom is 0.416 e. The second-order valence-corrected chi connectivity index (χ2v) is 11.4. The molecule has 0 amide bonds. The van der Waals surface area contributed by atoms with E-state index in [1.165, 1.54) is 63.5 Å². The number of hydrogen-bond donors (Lipinski definition) is 1. The molecule has 7 heteroatoms. The Morgan fingerprint density at radius 2 is 1.55 bits per heavy atom. The van der Waals surface area contributed by atoms with Gasteiger partial charge in [-0.3, -0.25) is 0 Å². The molecule has 0 radical (unpaired) electrons. The minimum absolute atomic E-state index is 0.175. The summed E-state index contributed by atoms with van der Waals surface area (Å²) in [5, 5.41) is 4.15. The van der Waals surface area contributed by atoms with Crippen LogP contribution < -0.4 is 5.73 Å². The van der Waals surface area contributed by atoms with E-state index in [1.54, 1.807) is 6.07 Å². The lowest BCUT2D eigenvalue weighted by Crippen LogP contribution is -2.16. The van der Waals surface area contributed by atoms with Crippen molar-refractivity contribution >= 4 is 0 Å². The molecule has 1 fully saturated rings. The number of nitrogens with zero attached hydrogens (tertiary/aromatic N) is 2. The number of aryl methyl sites for hydroxylation is 1. The molecule has 1 aliphatic rings. The molecule has 3 aromatic rings. The lowest BCUT2D eigenvalue weighted by molar-refractivity contribution is -0.137. The second-order valence-electron chi connectivity index (χ2n) is 11.4. The SMILES string of the molecule is CCCCCCCCCCCc1noc(-c2ccc(C(N)Cc3ccc(C(F)(F)F)cc3C3CCCC3)cc2)n1. The van der Waals surface area contributed by atoms with Crippen LogP contribution in [0.2, 0.25) is 0 Å². The number of rotatable bonds is 15. The topological polar surface area (TPSA) is 64.9 Å². The molecule has 1 unspecified atom stereocenters. The minimum Gasteiger partial charge on any atom is -0.334 e. The molecule has 4 rings (SSSR count). The molecule has 40 heavy (non-hydrogen) atoms. The average Bonchev–Trinajstić information content (AvgIpc) is 3.65. The van der Waals surface area contributed by atoms with Crippen LogP contribution in [0.15, 0.2) is 47.0 Å². The fraction of sp³-hybridized carbons (Fsp3) is 0.576. The predicted molar refractivity (Wildman–Crippen MR) is 154 cm³/mol. The highest BCUT2D eigenvalue weighted by atomic mass is 19.4. The highest BCUT2D eigenvalue weighted by molar-refractivity contribution is 5.53. The van der Waals surface area contributed by atoms with E-state index in [4.69, 9.17) is 10.3 Å². The summed E-state index contributed by atoms with van der Waals surface area (Å²) in [7, 11) is 0. The number of hydrogen-bond acceptors (Lipinski definition) is 4. The molecule has 1 atom stereocenters. The molecule has 218 valence electrons. The molecule has 1 aromatic heterocycles. The van der Waals surface area contributed by atoms with E-state index in [0.717, 1.165) is 66.6 Å². The fourth-order valence-electron chi connectivity index (χ4n) is 5.87. The molecular formula is C33H44F3N3O. The Balaban J connectivity index is 1.30. The highest BCUT2D eigenvalue weighted by Gasteiger charge is 2.32. The third-order valence-corrected chi connectivity index (χ3v) is 8.27. The van der Waals surface area contributed by atoms with Crippen molar-refractivity contribution in [2.45, 2.75) is 121 Å². The second kappa shape index (κ2) is 14.8. The number of benzene rings is 2. The Kier molecular flexibility index (Phi) is 11.2. The Hall–Kier alpha value is -2.67. The van der Waals surface area contributed by atoms with Crippen molar-refractivity contribution in [3.63, 3.8) is 0 Å². The molecule has 2 aromatic carbocycles. The third kappa shape index (κ3) is 8.66. The van der Waals surface area contributed by atoms with Crippen molar-refractivity contribution in [1.29, 1.82) is 0 Å². The van der Waals surface area contributed by atoms with Crippen LogP contribution in [0.25, 0.3) is 11.5 Å². The molecule has 1 aliphatic carbocycles. The van der Waals surface area contributed by atoms with Crippen LogP contribution in [0.3, 0.4) is 0 Å². The zero-order valence-corrected chi connectivity index (χ0v) is 23.8. The van der Waals surface area contributed by atoms with Crippen molar-refractivity contribution in [2.75, 3.05) is 0 Å². The van der Waals surface area contributed by atoms with Gasteiger partial charge in [0, 0.05) is 18.0 Å². The van der Waals surface area contributed by atoms with E-state index in [2.05, 4.69) is 17.1 Å². The van der Waals surface area contributed by atoms with Gasteiger partial charge in [0.25, 0.3) is 5.89 Å². The molecule has 1 heterocycles. The van der Waals surface area contributed by atoms with E-state index in [1.807, 2.05) is 24.3 Å². The lowest BCUT2D eigenvalue weighted by atomic mass is 9.87. The van der Waals surface area contributed by atoms with Crippen LogP contribution in [0.1, 0.15) is 130 Å². The zero-order valence-electron chi connectivity index (χ0n) is 23.8. The summed E-state index contributed by atoms with van der Waals surface area (Å²) < 4.78 is 45.7. The zero-order chi connectivity index (χ0) is 28.4. The highest BCUT2D eigenvalue weighted by Crippen LogP contribution is 2.40. The third-order valence-electron chi connectivity index (χ3n) is 8.27. The molecule has 0 aliphatic heterocycles. The van der Waals surface area contributed by atoms with Gasteiger partial charge >= 0.3 is 6.18 Å². The molecule has 2 N–H and O–H groups in total. The summed E-state index contributed by atoms with van der Waals surface area (Å²) >= 11 is 0. The summed E-state index contributed by atoms with van der Waals surface area (Å²) in [6, 6.07) is 11.6. The smallest absolute Gasteiger partial charge is 0.334 e. The van der Waals surface area contributed by atoms with Crippen molar-refractivity contribution in [3.8, 4) is 11.5 Å². The van der Waals surface area contributed by atoms with Gasteiger partial charge in [-0.1, -0.05) is 94.5 Å². The molecule has 0 bridgehead atoms. The first kappa shape index (κ1) is 30.3. The Morgan fingerprint density at radius 1 is 0.900 bits per heavy atom. The van der Waals surface area contributed by atoms with Crippen LogP contribution in [0, 0.1) is 0 Å². The van der Waals surface area contributed by atoms with Gasteiger partial charge in [-0.05, 0) is 72.6 Å². The Morgan fingerprint density at radius 3 is 2.20 bits per heavy atom. The van der Waals surface area contributed by atoms with Crippen molar-refractivity contribution < 1.29 is 17.7 Å². The van der Waals surface area contributed by atoms with Gasteiger partial charge in [0.15, 0.2) is 5.82 Å².